The average molecular weight is 296 g/mol. The second kappa shape index (κ2) is 8.50. The third-order valence-electron chi connectivity index (χ3n) is 5.45. The topological polar surface area (TPSA) is 18.5 Å². The van der Waals surface area contributed by atoms with Crippen LogP contribution in [0.5, 0.6) is 0 Å². The zero-order chi connectivity index (χ0) is 15.2. The molecule has 1 saturated carbocycles. The van der Waals surface area contributed by atoms with E-state index in [4.69, 9.17) is 0 Å². The zero-order valence-electron chi connectivity index (χ0n) is 14.8. The molecule has 1 N–H and O–H groups in total. The van der Waals surface area contributed by atoms with Crippen LogP contribution in [0.1, 0.15) is 52.4 Å². The molecule has 3 nitrogen and oxygen atoms in total. The normalized spacial score (nSPS) is 34.7. The first-order valence-electron chi connectivity index (χ1n) is 9.22. The fraction of sp³-hybridized carbons (Fsp3) is 1.00. The van der Waals surface area contributed by atoms with E-state index in [0.717, 1.165) is 23.9 Å². The van der Waals surface area contributed by atoms with Crippen LogP contribution in [0.25, 0.3) is 0 Å². The fourth-order valence-electron chi connectivity index (χ4n) is 4.36. The lowest BCUT2D eigenvalue weighted by Crippen LogP contribution is -2.48. The molecule has 0 radical (unpaired) electrons. The summed E-state index contributed by atoms with van der Waals surface area (Å²) in [6.07, 6.45) is 8.27. The second-order valence-electron chi connectivity index (χ2n) is 7.79. The Morgan fingerprint density at radius 1 is 1.19 bits per heavy atom. The molecule has 3 heteroatoms. The lowest BCUT2D eigenvalue weighted by molar-refractivity contribution is 0.125. The molecular weight excluding hydrogens is 258 g/mol. The van der Waals surface area contributed by atoms with E-state index in [1.807, 2.05) is 0 Å². The smallest absolute Gasteiger partial charge is 0.0223 e. The zero-order valence-corrected chi connectivity index (χ0v) is 14.8. The highest BCUT2D eigenvalue weighted by molar-refractivity contribution is 4.89. The van der Waals surface area contributed by atoms with Crippen molar-refractivity contribution in [1.29, 1.82) is 0 Å². The molecule has 4 atom stereocenters. The van der Waals surface area contributed by atoms with Crippen molar-refractivity contribution in [2.75, 3.05) is 40.3 Å². The summed E-state index contributed by atoms with van der Waals surface area (Å²) in [5, 5.41) is 3.83. The molecule has 0 bridgehead atoms. The van der Waals surface area contributed by atoms with Gasteiger partial charge in [-0.2, -0.15) is 0 Å². The van der Waals surface area contributed by atoms with Gasteiger partial charge in [0.2, 0.25) is 0 Å². The largest absolute Gasteiger partial charge is 0.314 e. The Morgan fingerprint density at radius 3 is 2.71 bits per heavy atom. The van der Waals surface area contributed by atoms with Gasteiger partial charge in [-0.05, 0) is 77.5 Å². The maximum absolute atomic E-state index is 3.83. The van der Waals surface area contributed by atoms with Crippen molar-refractivity contribution in [3.63, 3.8) is 0 Å². The van der Waals surface area contributed by atoms with Crippen LogP contribution < -0.4 is 5.32 Å². The third-order valence-corrected chi connectivity index (χ3v) is 5.45. The minimum absolute atomic E-state index is 0.766. The van der Waals surface area contributed by atoms with Gasteiger partial charge in [-0.1, -0.05) is 13.8 Å². The molecular formula is C18H37N3. The molecule has 0 aromatic carbocycles. The number of hydrogen-bond donors (Lipinski definition) is 1. The summed E-state index contributed by atoms with van der Waals surface area (Å²) in [4.78, 5) is 5.16. The van der Waals surface area contributed by atoms with Gasteiger partial charge in [0.15, 0.2) is 0 Å². The molecule has 1 saturated heterocycles. The lowest BCUT2D eigenvalue weighted by Gasteiger charge is -2.39. The number of likely N-dealkylation sites (tertiary alicyclic amines) is 1. The van der Waals surface area contributed by atoms with Crippen LogP contribution in [0.15, 0.2) is 0 Å². The summed E-state index contributed by atoms with van der Waals surface area (Å²) >= 11 is 0. The Balaban J connectivity index is 1.90. The molecule has 2 rings (SSSR count). The highest BCUT2D eigenvalue weighted by atomic mass is 15.2. The molecule has 0 aromatic rings. The second-order valence-corrected chi connectivity index (χ2v) is 7.79. The standard InChI is InChI=1S/C18H37N3/c1-5-10-19-18-9-8-15(2)12-16(18)13-21-11-6-7-17(21)14-20(3)4/h15-19H,5-14H2,1-4H3. The van der Waals surface area contributed by atoms with Gasteiger partial charge >= 0.3 is 0 Å². The Bertz CT molecular complexity index is 290. The third kappa shape index (κ3) is 5.22. The van der Waals surface area contributed by atoms with Crippen molar-refractivity contribution in [1.82, 2.24) is 15.1 Å². The first-order chi connectivity index (χ1) is 10.1. The van der Waals surface area contributed by atoms with Crippen molar-refractivity contribution in [3.05, 3.63) is 0 Å². The summed E-state index contributed by atoms with van der Waals surface area (Å²) < 4.78 is 0. The minimum Gasteiger partial charge on any atom is -0.314 e. The van der Waals surface area contributed by atoms with Crippen LogP contribution in [-0.4, -0.2) is 62.2 Å². The van der Waals surface area contributed by atoms with E-state index in [-0.39, 0.29) is 0 Å². The molecule has 1 aliphatic heterocycles. The molecule has 0 amide bonds. The van der Waals surface area contributed by atoms with Crippen LogP contribution in [-0.2, 0) is 0 Å². The number of hydrogen-bond acceptors (Lipinski definition) is 3. The van der Waals surface area contributed by atoms with Crippen LogP contribution >= 0.6 is 0 Å². The van der Waals surface area contributed by atoms with E-state index >= 15 is 0 Å². The maximum atomic E-state index is 3.83. The number of nitrogens with zero attached hydrogens (tertiary/aromatic N) is 2. The molecule has 4 unspecified atom stereocenters. The van der Waals surface area contributed by atoms with Crippen molar-refractivity contribution in [2.45, 2.75) is 64.5 Å². The van der Waals surface area contributed by atoms with Crippen LogP contribution in [0, 0.1) is 11.8 Å². The summed E-state index contributed by atoms with van der Waals surface area (Å²) in [5.74, 6) is 1.78. The molecule has 124 valence electrons. The van der Waals surface area contributed by atoms with E-state index in [1.54, 1.807) is 0 Å². The highest BCUT2D eigenvalue weighted by Crippen LogP contribution is 2.31. The SMILES string of the molecule is CCCNC1CCC(C)CC1CN1CCCC1CN(C)C. The van der Waals surface area contributed by atoms with Crippen LogP contribution in [0.3, 0.4) is 0 Å². The molecule has 1 aliphatic carbocycles. The van der Waals surface area contributed by atoms with Gasteiger partial charge in [0.05, 0.1) is 0 Å². The molecule has 2 fully saturated rings. The first kappa shape index (κ1) is 17.2. The predicted octanol–water partition coefficient (Wildman–Crippen LogP) is 2.82. The average Bonchev–Trinajstić information content (AvgIpc) is 2.84. The van der Waals surface area contributed by atoms with Crippen molar-refractivity contribution in [3.8, 4) is 0 Å². The lowest BCUT2D eigenvalue weighted by atomic mass is 9.78. The Labute approximate surface area is 132 Å². The summed E-state index contributed by atoms with van der Waals surface area (Å²) in [5.41, 5.74) is 0. The summed E-state index contributed by atoms with van der Waals surface area (Å²) in [7, 11) is 4.43. The molecule has 0 spiro atoms. The molecule has 21 heavy (non-hydrogen) atoms. The van der Waals surface area contributed by atoms with Crippen LogP contribution in [0.4, 0.5) is 0 Å². The maximum Gasteiger partial charge on any atom is 0.0223 e. The molecule has 0 aromatic heterocycles. The van der Waals surface area contributed by atoms with E-state index in [1.165, 1.54) is 64.7 Å². The van der Waals surface area contributed by atoms with E-state index in [0.29, 0.717) is 0 Å². The van der Waals surface area contributed by atoms with Gasteiger partial charge in [-0.3, -0.25) is 4.90 Å². The predicted molar refractivity (Wildman–Crippen MR) is 91.7 cm³/mol. The van der Waals surface area contributed by atoms with Crippen LogP contribution in [0.2, 0.25) is 0 Å². The summed E-state index contributed by atoms with van der Waals surface area (Å²) in [6.45, 7) is 9.80. The Hall–Kier alpha value is -0.120. The number of rotatable bonds is 7. The van der Waals surface area contributed by atoms with Gasteiger partial charge in [-0.15, -0.1) is 0 Å². The van der Waals surface area contributed by atoms with Gasteiger partial charge < -0.3 is 10.2 Å². The number of nitrogens with one attached hydrogen (secondary N) is 1. The first-order valence-corrected chi connectivity index (χ1v) is 9.22. The highest BCUT2D eigenvalue weighted by Gasteiger charge is 2.33. The van der Waals surface area contributed by atoms with Gasteiger partial charge in [0, 0.05) is 25.2 Å². The quantitative estimate of drug-likeness (QED) is 0.779. The van der Waals surface area contributed by atoms with E-state index in [2.05, 4.69) is 43.1 Å². The Kier molecular flexibility index (Phi) is 6.97. The fourth-order valence-corrected chi connectivity index (χ4v) is 4.36. The van der Waals surface area contributed by atoms with Gasteiger partial charge in [-0.25, -0.2) is 0 Å². The van der Waals surface area contributed by atoms with Crippen molar-refractivity contribution in [2.24, 2.45) is 11.8 Å². The monoisotopic (exact) mass is 295 g/mol. The van der Waals surface area contributed by atoms with E-state index in [9.17, 15) is 0 Å². The van der Waals surface area contributed by atoms with Gasteiger partial charge in [0.25, 0.3) is 0 Å². The van der Waals surface area contributed by atoms with E-state index < -0.39 is 0 Å². The molecule has 2 aliphatic rings. The van der Waals surface area contributed by atoms with Gasteiger partial charge in [0.1, 0.15) is 0 Å². The summed E-state index contributed by atoms with van der Waals surface area (Å²) in [6, 6.07) is 1.56. The number of likely N-dealkylation sites (N-methyl/N-ethyl adjacent to an activating group) is 1. The van der Waals surface area contributed by atoms with Crippen molar-refractivity contribution < 1.29 is 0 Å². The Morgan fingerprint density at radius 2 is 2.00 bits per heavy atom. The minimum atomic E-state index is 0.766. The molecule has 1 heterocycles. The van der Waals surface area contributed by atoms with Crippen molar-refractivity contribution >= 4 is 0 Å².